The van der Waals surface area contributed by atoms with Gasteiger partial charge in [0, 0.05) is 24.7 Å². The molecule has 4 nitrogen and oxygen atoms in total. The average molecular weight is 334 g/mol. The predicted molar refractivity (Wildman–Crippen MR) is 89.2 cm³/mol. The first-order valence-electron chi connectivity index (χ1n) is 7.69. The van der Waals surface area contributed by atoms with E-state index in [0.717, 1.165) is 12.6 Å². The van der Waals surface area contributed by atoms with Gasteiger partial charge in [-0.3, -0.25) is 4.79 Å². The van der Waals surface area contributed by atoms with Crippen molar-refractivity contribution < 1.29 is 18.3 Å². The van der Waals surface area contributed by atoms with Crippen molar-refractivity contribution in [3.63, 3.8) is 0 Å². The summed E-state index contributed by atoms with van der Waals surface area (Å²) in [4.78, 5) is 12.0. The summed E-state index contributed by atoms with van der Waals surface area (Å²) in [6.07, 6.45) is 0. The molecule has 2 rings (SSSR count). The number of amides is 1. The Kier molecular flexibility index (Phi) is 6.26. The Morgan fingerprint density at radius 3 is 2.50 bits per heavy atom. The highest BCUT2D eigenvalue weighted by Gasteiger charge is 2.14. The number of likely N-dealkylation sites (N-methyl/N-ethyl adjacent to an activating group) is 1. The Labute approximate surface area is 139 Å². The van der Waals surface area contributed by atoms with Crippen LogP contribution in [0.2, 0.25) is 0 Å². The van der Waals surface area contributed by atoms with Crippen molar-refractivity contribution in [3.05, 3.63) is 53.6 Å². The largest absolute Gasteiger partial charge is 0.497 e. The first-order chi connectivity index (χ1) is 11.6. The summed E-state index contributed by atoms with van der Waals surface area (Å²) in [6, 6.07) is 8.37. The van der Waals surface area contributed by atoms with Gasteiger partial charge >= 0.3 is 0 Å². The van der Waals surface area contributed by atoms with Crippen LogP contribution in [-0.4, -0.2) is 32.7 Å². The smallest absolute Gasteiger partial charge is 0.254 e. The fourth-order valence-electron chi connectivity index (χ4n) is 2.26. The Bertz CT molecular complexity index is 720. The number of halogens is 2. The van der Waals surface area contributed by atoms with E-state index in [-0.39, 0.29) is 11.1 Å². The lowest BCUT2D eigenvalue weighted by Crippen LogP contribution is -2.32. The second-order valence-corrected chi connectivity index (χ2v) is 5.15. The van der Waals surface area contributed by atoms with Crippen LogP contribution in [0.25, 0.3) is 11.1 Å². The molecule has 6 heteroatoms. The maximum Gasteiger partial charge on any atom is 0.254 e. The second kappa shape index (κ2) is 8.40. The van der Waals surface area contributed by atoms with E-state index in [0.29, 0.717) is 24.4 Å². The molecule has 2 aromatic rings. The van der Waals surface area contributed by atoms with E-state index in [9.17, 15) is 13.6 Å². The van der Waals surface area contributed by atoms with Gasteiger partial charge in [0.05, 0.1) is 12.7 Å². The molecule has 0 heterocycles. The third-order valence-electron chi connectivity index (χ3n) is 3.54. The topological polar surface area (TPSA) is 50.4 Å². The van der Waals surface area contributed by atoms with Gasteiger partial charge in [-0.05, 0) is 36.4 Å². The molecule has 0 saturated heterocycles. The Balaban J connectivity index is 2.16. The molecule has 0 radical (unpaired) electrons. The molecular formula is C18H20F2N2O2. The number of methoxy groups -OCH3 is 1. The fraction of sp³-hybridized carbons (Fsp3) is 0.278. The van der Waals surface area contributed by atoms with Gasteiger partial charge in [-0.25, -0.2) is 8.78 Å². The van der Waals surface area contributed by atoms with Crippen molar-refractivity contribution in [2.45, 2.75) is 6.92 Å². The quantitative estimate of drug-likeness (QED) is 0.766. The molecule has 0 saturated carbocycles. The minimum atomic E-state index is -0.691. The monoisotopic (exact) mass is 334 g/mol. The van der Waals surface area contributed by atoms with E-state index in [1.54, 1.807) is 6.07 Å². The van der Waals surface area contributed by atoms with Gasteiger partial charge in [0.15, 0.2) is 0 Å². The molecule has 2 aromatic carbocycles. The Morgan fingerprint density at radius 1 is 1.08 bits per heavy atom. The zero-order chi connectivity index (χ0) is 17.5. The number of hydrogen-bond acceptors (Lipinski definition) is 3. The van der Waals surface area contributed by atoms with Gasteiger partial charge < -0.3 is 15.4 Å². The highest BCUT2D eigenvalue weighted by molar-refractivity contribution is 5.95. The first-order valence-corrected chi connectivity index (χ1v) is 7.69. The van der Waals surface area contributed by atoms with Gasteiger partial charge in [0.2, 0.25) is 0 Å². The number of nitrogens with one attached hydrogen (secondary N) is 2. The van der Waals surface area contributed by atoms with Crippen LogP contribution in [0.3, 0.4) is 0 Å². The van der Waals surface area contributed by atoms with Crippen molar-refractivity contribution in [1.29, 1.82) is 0 Å². The summed E-state index contributed by atoms with van der Waals surface area (Å²) < 4.78 is 33.2. The maximum atomic E-state index is 14.2. The van der Waals surface area contributed by atoms with Crippen molar-refractivity contribution in [2.24, 2.45) is 0 Å². The fourth-order valence-corrected chi connectivity index (χ4v) is 2.26. The molecule has 0 bridgehead atoms. The molecule has 24 heavy (non-hydrogen) atoms. The molecule has 0 aliphatic carbocycles. The van der Waals surface area contributed by atoms with Crippen LogP contribution >= 0.6 is 0 Å². The number of carbonyl (C=O) groups is 1. The van der Waals surface area contributed by atoms with Crippen molar-refractivity contribution >= 4 is 5.91 Å². The molecule has 0 unspecified atom stereocenters. The van der Waals surface area contributed by atoms with Crippen LogP contribution in [0.1, 0.15) is 17.3 Å². The molecule has 2 N–H and O–H groups in total. The molecule has 0 aromatic heterocycles. The lowest BCUT2D eigenvalue weighted by molar-refractivity contribution is 0.0950. The molecule has 0 fully saturated rings. The summed E-state index contributed by atoms with van der Waals surface area (Å²) in [7, 11) is 1.44. The number of ether oxygens (including phenoxy) is 1. The Hall–Kier alpha value is -2.47. The minimum absolute atomic E-state index is 0.0656. The standard InChI is InChI=1S/C18H20F2N2O2/c1-3-21-8-9-22-18(23)15-6-4-12(10-16(15)19)14-7-5-13(24-2)11-17(14)20/h4-7,10-11,21H,3,8-9H2,1-2H3,(H,22,23). The van der Waals surface area contributed by atoms with Crippen LogP contribution in [0.5, 0.6) is 5.75 Å². The van der Waals surface area contributed by atoms with E-state index >= 15 is 0 Å². The van der Waals surface area contributed by atoms with Gasteiger partial charge in [0.25, 0.3) is 5.91 Å². The summed E-state index contributed by atoms with van der Waals surface area (Å²) in [6.45, 7) is 3.77. The highest BCUT2D eigenvalue weighted by atomic mass is 19.1. The van der Waals surface area contributed by atoms with Crippen molar-refractivity contribution in [1.82, 2.24) is 10.6 Å². The molecule has 1 amide bonds. The van der Waals surface area contributed by atoms with Crippen LogP contribution in [0.4, 0.5) is 8.78 Å². The van der Waals surface area contributed by atoms with Gasteiger partial charge in [-0.1, -0.05) is 13.0 Å². The summed E-state index contributed by atoms with van der Waals surface area (Å²) in [5, 5.41) is 5.68. The molecule has 0 aliphatic heterocycles. The number of carbonyl (C=O) groups excluding carboxylic acids is 1. The van der Waals surface area contributed by atoms with Gasteiger partial charge in [-0.2, -0.15) is 0 Å². The van der Waals surface area contributed by atoms with E-state index in [4.69, 9.17) is 4.74 Å². The number of hydrogen-bond donors (Lipinski definition) is 2. The van der Waals surface area contributed by atoms with E-state index in [1.165, 1.54) is 31.4 Å². The number of benzene rings is 2. The molecule has 128 valence electrons. The first kappa shape index (κ1) is 17.9. The summed E-state index contributed by atoms with van der Waals surface area (Å²) in [5.74, 6) is -1.32. The van der Waals surface area contributed by atoms with E-state index < -0.39 is 17.5 Å². The van der Waals surface area contributed by atoms with Crippen LogP contribution in [-0.2, 0) is 0 Å². The van der Waals surface area contributed by atoms with E-state index in [2.05, 4.69) is 10.6 Å². The van der Waals surface area contributed by atoms with Crippen molar-refractivity contribution in [2.75, 3.05) is 26.7 Å². The van der Waals surface area contributed by atoms with Crippen molar-refractivity contribution in [3.8, 4) is 16.9 Å². The SMILES string of the molecule is CCNCCNC(=O)c1ccc(-c2ccc(OC)cc2F)cc1F. The minimum Gasteiger partial charge on any atom is -0.497 e. The molecule has 0 spiro atoms. The van der Waals surface area contributed by atoms with Crippen LogP contribution in [0, 0.1) is 11.6 Å². The molecule has 0 atom stereocenters. The van der Waals surface area contributed by atoms with Gasteiger partial charge in [-0.15, -0.1) is 0 Å². The van der Waals surface area contributed by atoms with Crippen LogP contribution in [0.15, 0.2) is 36.4 Å². The maximum absolute atomic E-state index is 14.2. The van der Waals surface area contributed by atoms with Crippen LogP contribution < -0.4 is 15.4 Å². The zero-order valence-electron chi connectivity index (χ0n) is 13.7. The third kappa shape index (κ3) is 4.29. The zero-order valence-corrected chi connectivity index (χ0v) is 13.7. The lowest BCUT2D eigenvalue weighted by atomic mass is 10.0. The van der Waals surface area contributed by atoms with E-state index in [1.807, 2.05) is 6.92 Å². The molecule has 0 aliphatic rings. The summed E-state index contributed by atoms with van der Waals surface area (Å²) >= 11 is 0. The number of rotatable bonds is 7. The Morgan fingerprint density at radius 2 is 1.88 bits per heavy atom. The summed E-state index contributed by atoms with van der Waals surface area (Å²) in [5.41, 5.74) is 0.537. The highest BCUT2D eigenvalue weighted by Crippen LogP contribution is 2.27. The second-order valence-electron chi connectivity index (χ2n) is 5.15. The third-order valence-corrected chi connectivity index (χ3v) is 3.54. The average Bonchev–Trinajstić information content (AvgIpc) is 2.58. The molecular weight excluding hydrogens is 314 g/mol. The predicted octanol–water partition coefficient (Wildman–Crippen LogP) is 2.98. The normalized spacial score (nSPS) is 10.5. The lowest BCUT2D eigenvalue weighted by Gasteiger charge is -2.09. The van der Waals surface area contributed by atoms with Gasteiger partial charge in [0.1, 0.15) is 17.4 Å².